The SMILES string of the molecule is O=C(c1ccc(Cn2nnc3ccccc32)cc1)N1CCN(C(=O)[C@H]2COc3ccccc3O2)CC1. The number of hydrogen-bond acceptors (Lipinski definition) is 6. The molecule has 9 heteroatoms. The van der Waals surface area contributed by atoms with Gasteiger partial charge in [-0.25, -0.2) is 4.68 Å². The summed E-state index contributed by atoms with van der Waals surface area (Å²) in [6.07, 6.45) is -0.670. The first kappa shape index (κ1) is 22.1. The van der Waals surface area contributed by atoms with Crippen LogP contribution in [0.1, 0.15) is 15.9 Å². The van der Waals surface area contributed by atoms with Crippen LogP contribution in [-0.4, -0.2) is 75.5 Å². The van der Waals surface area contributed by atoms with Gasteiger partial charge >= 0.3 is 0 Å². The van der Waals surface area contributed by atoms with Crippen LogP contribution in [0.15, 0.2) is 72.8 Å². The van der Waals surface area contributed by atoms with Crippen LogP contribution in [0.3, 0.4) is 0 Å². The average molecular weight is 484 g/mol. The Balaban J connectivity index is 1.04. The maximum absolute atomic E-state index is 13.1. The molecule has 2 aliphatic rings. The zero-order valence-electron chi connectivity index (χ0n) is 19.6. The van der Waals surface area contributed by atoms with Gasteiger partial charge in [0, 0.05) is 31.7 Å². The number of nitrogens with zero attached hydrogens (tertiary/aromatic N) is 5. The number of carbonyl (C=O) groups excluding carboxylic acids is 2. The zero-order chi connectivity index (χ0) is 24.5. The van der Waals surface area contributed by atoms with Gasteiger partial charge < -0.3 is 19.3 Å². The number of rotatable bonds is 4. The van der Waals surface area contributed by atoms with E-state index in [4.69, 9.17) is 9.47 Å². The molecule has 1 aromatic heterocycles. The molecular formula is C27H25N5O4. The van der Waals surface area contributed by atoms with E-state index in [1.165, 1.54) is 0 Å². The number of piperazine rings is 1. The highest BCUT2D eigenvalue weighted by atomic mass is 16.6. The highest BCUT2D eigenvalue weighted by molar-refractivity contribution is 5.94. The fourth-order valence-electron chi connectivity index (χ4n) is 4.62. The quantitative estimate of drug-likeness (QED) is 0.443. The fourth-order valence-corrected chi connectivity index (χ4v) is 4.62. The molecule has 9 nitrogen and oxygen atoms in total. The Kier molecular flexibility index (Phi) is 5.73. The van der Waals surface area contributed by atoms with Crippen molar-refractivity contribution in [1.82, 2.24) is 24.8 Å². The van der Waals surface area contributed by atoms with E-state index in [0.29, 0.717) is 49.8 Å². The molecule has 3 heterocycles. The standard InChI is InChI=1S/C27H25N5O4/c33-26(20-11-9-19(10-12-20)17-32-22-6-2-1-5-21(22)28-29-32)30-13-15-31(16-14-30)27(34)25-18-35-23-7-3-4-8-24(23)36-25/h1-12,25H,13-18H2/t25-/m1/s1. The third-order valence-electron chi connectivity index (χ3n) is 6.62. The Bertz CT molecular complexity index is 1410. The molecule has 2 amide bonds. The molecule has 0 spiro atoms. The van der Waals surface area contributed by atoms with Gasteiger partial charge in [-0.15, -0.1) is 5.10 Å². The summed E-state index contributed by atoms with van der Waals surface area (Å²) in [7, 11) is 0. The fraction of sp³-hybridized carbons (Fsp3) is 0.259. The molecule has 36 heavy (non-hydrogen) atoms. The summed E-state index contributed by atoms with van der Waals surface area (Å²) in [5.74, 6) is 1.08. The Morgan fingerprint density at radius 3 is 2.33 bits per heavy atom. The van der Waals surface area contributed by atoms with E-state index in [2.05, 4.69) is 10.3 Å². The van der Waals surface area contributed by atoms with Crippen molar-refractivity contribution in [3.63, 3.8) is 0 Å². The van der Waals surface area contributed by atoms with Crippen molar-refractivity contribution in [2.75, 3.05) is 32.8 Å². The molecule has 0 aliphatic carbocycles. The summed E-state index contributed by atoms with van der Waals surface area (Å²) in [5, 5.41) is 8.42. The first-order valence-electron chi connectivity index (χ1n) is 12.0. The van der Waals surface area contributed by atoms with Gasteiger partial charge in [0.15, 0.2) is 11.5 Å². The second-order valence-corrected chi connectivity index (χ2v) is 8.91. The van der Waals surface area contributed by atoms with Crippen molar-refractivity contribution in [3.05, 3.63) is 83.9 Å². The largest absolute Gasteiger partial charge is 0.485 e. The second kappa shape index (κ2) is 9.33. The van der Waals surface area contributed by atoms with Crippen molar-refractivity contribution in [3.8, 4) is 11.5 Å². The van der Waals surface area contributed by atoms with Crippen LogP contribution in [0.25, 0.3) is 11.0 Å². The van der Waals surface area contributed by atoms with Crippen LogP contribution in [0.2, 0.25) is 0 Å². The summed E-state index contributed by atoms with van der Waals surface area (Å²) in [6, 6.07) is 22.7. The summed E-state index contributed by atoms with van der Waals surface area (Å²) in [5.41, 5.74) is 3.49. The van der Waals surface area contributed by atoms with E-state index in [1.807, 2.05) is 71.4 Å². The van der Waals surface area contributed by atoms with Gasteiger partial charge in [0.05, 0.1) is 12.1 Å². The van der Waals surface area contributed by atoms with E-state index in [0.717, 1.165) is 16.6 Å². The number of ether oxygens (including phenoxy) is 2. The third kappa shape index (κ3) is 4.24. The average Bonchev–Trinajstić information content (AvgIpc) is 3.35. The number of hydrogen-bond donors (Lipinski definition) is 0. The summed E-state index contributed by atoms with van der Waals surface area (Å²) >= 11 is 0. The molecule has 182 valence electrons. The van der Waals surface area contributed by atoms with Crippen LogP contribution in [-0.2, 0) is 11.3 Å². The number of benzene rings is 3. The maximum atomic E-state index is 13.1. The Morgan fingerprint density at radius 2 is 1.53 bits per heavy atom. The van der Waals surface area contributed by atoms with Crippen LogP contribution in [0, 0.1) is 0 Å². The van der Waals surface area contributed by atoms with Gasteiger partial charge in [-0.2, -0.15) is 0 Å². The molecule has 0 unspecified atom stereocenters. The zero-order valence-corrected chi connectivity index (χ0v) is 19.6. The molecule has 1 fully saturated rings. The van der Waals surface area contributed by atoms with Crippen LogP contribution < -0.4 is 9.47 Å². The molecule has 0 bridgehead atoms. The summed E-state index contributed by atoms with van der Waals surface area (Å²) < 4.78 is 13.4. The summed E-state index contributed by atoms with van der Waals surface area (Å²) in [4.78, 5) is 29.6. The Labute approximate surface area is 207 Å². The monoisotopic (exact) mass is 483 g/mol. The molecule has 0 saturated carbocycles. The normalized spacial score (nSPS) is 17.3. The molecule has 1 atom stereocenters. The molecule has 0 N–H and O–H groups in total. The van der Waals surface area contributed by atoms with E-state index in [1.54, 1.807) is 15.9 Å². The van der Waals surface area contributed by atoms with Gasteiger partial charge in [0.1, 0.15) is 12.1 Å². The second-order valence-electron chi connectivity index (χ2n) is 8.91. The van der Waals surface area contributed by atoms with E-state index in [9.17, 15) is 9.59 Å². The van der Waals surface area contributed by atoms with Crippen molar-refractivity contribution in [2.45, 2.75) is 12.6 Å². The lowest BCUT2D eigenvalue weighted by molar-refractivity contribution is -0.142. The minimum atomic E-state index is -0.670. The van der Waals surface area contributed by atoms with Crippen molar-refractivity contribution < 1.29 is 19.1 Å². The molecule has 6 rings (SSSR count). The minimum Gasteiger partial charge on any atom is -0.485 e. The molecule has 1 saturated heterocycles. The predicted octanol–water partition coefficient (Wildman–Crippen LogP) is 2.60. The van der Waals surface area contributed by atoms with E-state index < -0.39 is 6.10 Å². The lowest BCUT2D eigenvalue weighted by Crippen LogP contribution is -2.55. The lowest BCUT2D eigenvalue weighted by atomic mass is 10.1. The van der Waals surface area contributed by atoms with E-state index in [-0.39, 0.29) is 18.4 Å². The van der Waals surface area contributed by atoms with Crippen LogP contribution >= 0.6 is 0 Å². The topological polar surface area (TPSA) is 89.8 Å². The maximum Gasteiger partial charge on any atom is 0.267 e. The highest BCUT2D eigenvalue weighted by Crippen LogP contribution is 2.31. The van der Waals surface area contributed by atoms with Gasteiger partial charge in [-0.05, 0) is 42.0 Å². The van der Waals surface area contributed by atoms with Crippen molar-refractivity contribution in [1.29, 1.82) is 0 Å². The van der Waals surface area contributed by atoms with E-state index >= 15 is 0 Å². The van der Waals surface area contributed by atoms with Gasteiger partial charge in [-0.3, -0.25) is 9.59 Å². The van der Waals surface area contributed by atoms with Crippen LogP contribution in [0.4, 0.5) is 0 Å². The van der Waals surface area contributed by atoms with Gasteiger partial charge in [-0.1, -0.05) is 41.6 Å². The molecule has 4 aromatic rings. The molecular weight excluding hydrogens is 458 g/mol. The van der Waals surface area contributed by atoms with Gasteiger partial charge in [0.25, 0.3) is 11.8 Å². The molecule has 0 radical (unpaired) electrons. The first-order valence-corrected chi connectivity index (χ1v) is 12.0. The van der Waals surface area contributed by atoms with Crippen LogP contribution in [0.5, 0.6) is 11.5 Å². The number of aromatic nitrogens is 3. The minimum absolute atomic E-state index is 0.0361. The number of carbonyl (C=O) groups is 2. The smallest absolute Gasteiger partial charge is 0.267 e. The molecule has 3 aromatic carbocycles. The van der Waals surface area contributed by atoms with Gasteiger partial charge in [0.2, 0.25) is 6.10 Å². The molecule has 2 aliphatic heterocycles. The Morgan fingerprint density at radius 1 is 0.833 bits per heavy atom. The summed E-state index contributed by atoms with van der Waals surface area (Å²) in [6.45, 7) is 2.63. The van der Waals surface area contributed by atoms with Crippen molar-refractivity contribution >= 4 is 22.8 Å². The highest BCUT2D eigenvalue weighted by Gasteiger charge is 2.33. The number of fused-ring (bicyclic) bond motifs is 2. The first-order chi connectivity index (χ1) is 17.7. The Hall–Kier alpha value is -4.40. The predicted molar refractivity (Wildman–Crippen MR) is 132 cm³/mol. The number of amides is 2. The lowest BCUT2D eigenvalue weighted by Gasteiger charge is -2.37. The third-order valence-corrected chi connectivity index (χ3v) is 6.62. The number of para-hydroxylation sites is 3. The van der Waals surface area contributed by atoms with Crippen molar-refractivity contribution in [2.24, 2.45) is 0 Å².